The van der Waals surface area contributed by atoms with Gasteiger partial charge in [-0.05, 0) is 24.3 Å². The van der Waals surface area contributed by atoms with Gasteiger partial charge >= 0.3 is 0 Å². The summed E-state index contributed by atoms with van der Waals surface area (Å²) in [6.07, 6.45) is 1.59. The van der Waals surface area contributed by atoms with Crippen LogP contribution in [0.1, 0.15) is 0 Å². The van der Waals surface area contributed by atoms with E-state index in [0.717, 1.165) is 5.52 Å². The molecule has 0 radical (unpaired) electrons. The van der Waals surface area contributed by atoms with Crippen LogP contribution in [0.4, 0.5) is 0 Å². The molecule has 0 saturated heterocycles. The Morgan fingerprint density at radius 3 is 2.71 bits per heavy atom. The number of ether oxygens (including phenoxy) is 1. The molecule has 0 amide bonds. The molecule has 2 heterocycles. The fraction of sp³-hybridized carbons (Fsp3) is 0.0556. The molecule has 0 aliphatic carbocycles. The average molecular weight is 319 g/mol. The summed E-state index contributed by atoms with van der Waals surface area (Å²) in [7, 11) is 1.58. The van der Waals surface area contributed by atoms with Gasteiger partial charge in [0, 0.05) is 17.1 Å². The molecule has 6 heteroatoms. The van der Waals surface area contributed by atoms with Crippen LogP contribution >= 0.6 is 0 Å². The summed E-state index contributed by atoms with van der Waals surface area (Å²) in [4.78, 5) is 20.1. The first kappa shape index (κ1) is 14.2. The normalized spacial score (nSPS) is 10.9. The predicted octanol–water partition coefficient (Wildman–Crippen LogP) is 3.25. The van der Waals surface area contributed by atoms with Crippen molar-refractivity contribution < 1.29 is 9.26 Å². The van der Waals surface area contributed by atoms with Gasteiger partial charge in [0.1, 0.15) is 11.3 Å². The highest BCUT2D eigenvalue weighted by Crippen LogP contribution is 2.28. The van der Waals surface area contributed by atoms with Gasteiger partial charge in [-0.25, -0.2) is 0 Å². The standard InChI is InChI=1S/C18H13N3O3/c1-23-15-9-5-3-7-12(15)17-20-18(24-21-17)13-10-19-14-8-4-2-6-11(14)16(13)22/h2-10H,1H3,(H,19,22). The maximum absolute atomic E-state index is 12.6. The van der Waals surface area contributed by atoms with Crippen molar-refractivity contribution in [1.82, 2.24) is 15.1 Å². The van der Waals surface area contributed by atoms with E-state index in [1.807, 2.05) is 42.5 Å². The third-order valence-electron chi connectivity index (χ3n) is 3.79. The van der Waals surface area contributed by atoms with Gasteiger partial charge in [0.15, 0.2) is 0 Å². The molecule has 2 aromatic carbocycles. The number of para-hydroxylation sites is 2. The summed E-state index contributed by atoms with van der Waals surface area (Å²) in [6.45, 7) is 0. The lowest BCUT2D eigenvalue weighted by Gasteiger charge is -2.03. The second kappa shape index (κ2) is 5.66. The maximum atomic E-state index is 12.6. The van der Waals surface area contributed by atoms with Crippen molar-refractivity contribution in [3.8, 4) is 28.6 Å². The van der Waals surface area contributed by atoms with E-state index in [2.05, 4.69) is 15.1 Å². The Hall–Kier alpha value is -3.41. The van der Waals surface area contributed by atoms with E-state index in [0.29, 0.717) is 28.1 Å². The second-order valence-electron chi connectivity index (χ2n) is 5.20. The molecule has 4 rings (SSSR count). The van der Waals surface area contributed by atoms with Crippen LogP contribution in [-0.4, -0.2) is 22.2 Å². The zero-order valence-corrected chi connectivity index (χ0v) is 12.8. The van der Waals surface area contributed by atoms with Crippen LogP contribution in [0, 0.1) is 0 Å². The number of nitrogens with one attached hydrogen (secondary N) is 1. The van der Waals surface area contributed by atoms with E-state index >= 15 is 0 Å². The zero-order chi connectivity index (χ0) is 16.5. The zero-order valence-electron chi connectivity index (χ0n) is 12.8. The molecule has 0 saturated carbocycles. The highest BCUT2D eigenvalue weighted by molar-refractivity contribution is 5.82. The van der Waals surface area contributed by atoms with Gasteiger partial charge in [-0.3, -0.25) is 4.79 Å². The van der Waals surface area contributed by atoms with Gasteiger partial charge in [-0.15, -0.1) is 0 Å². The van der Waals surface area contributed by atoms with Crippen molar-refractivity contribution in [2.45, 2.75) is 0 Å². The Morgan fingerprint density at radius 2 is 1.83 bits per heavy atom. The molecule has 0 aliphatic heterocycles. The Morgan fingerprint density at radius 1 is 1.04 bits per heavy atom. The van der Waals surface area contributed by atoms with Crippen LogP contribution < -0.4 is 10.2 Å². The molecule has 0 aliphatic rings. The van der Waals surface area contributed by atoms with Crippen LogP contribution in [0.3, 0.4) is 0 Å². The second-order valence-corrected chi connectivity index (χ2v) is 5.20. The lowest BCUT2D eigenvalue weighted by Crippen LogP contribution is -2.06. The maximum Gasteiger partial charge on any atom is 0.263 e. The van der Waals surface area contributed by atoms with E-state index in [1.165, 1.54) is 0 Å². The number of hydrogen-bond donors (Lipinski definition) is 1. The van der Waals surface area contributed by atoms with Gasteiger partial charge in [-0.2, -0.15) is 4.98 Å². The molecule has 24 heavy (non-hydrogen) atoms. The summed E-state index contributed by atoms with van der Waals surface area (Å²) in [5.74, 6) is 1.18. The summed E-state index contributed by atoms with van der Waals surface area (Å²) >= 11 is 0. The fourth-order valence-corrected chi connectivity index (χ4v) is 2.60. The molecule has 0 unspecified atom stereocenters. The molecule has 1 N–H and O–H groups in total. The molecular weight excluding hydrogens is 306 g/mol. The molecule has 2 aromatic heterocycles. The van der Waals surface area contributed by atoms with Crippen molar-refractivity contribution in [2.24, 2.45) is 0 Å². The quantitative estimate of drug-likeness (QED) is 0.627. The first-order chi connectivity index (χ1) is 11.8. The van der Waals surface area contributed by atoms with Gasteiger partial charge < -0.3 is 14.2 Å². The van der Waals surface area contributed by atoms with E-state index in [-0.39, 0.29) is 11.3 Å². The molecular formula is C18H13N3O3. The minimum atomic E-state index is -0.153. The van der Waals surface area contributed by atoms with Crippen molar-refractivity contribution in [3.05, 3.63) is 65.0 Å². The molecule has 4 aromatic rings. The highest BCUT2D eigenvalue weighted by atomic mass is 16.5. The first-order valence-electron chi connectivity index (χ1n) is 7.36. The molecule has 118 valence electrons. The number of H-pyrrole nitrogens is 1. The minimum absolute atomic E-state index is 0.153. The smallest absolute Gasteiger partial charge is 0.263 e. The predicted molar refractivity (Wildman–Crippen MR) is 89.8 cm³/mol. The number of benzene rings is 2. The lowest BCUT2D eigenvalue weighted by molar-refractivity contribution is 0.413. The van der Waals surface area contributed by atoms with E-state index < -0.39 is 0 Å². The van der Waals surface area contributed by atoms with Crippen molar-refractivity contribution in [1.29, 1.82) is 0 Å². The summed E-state index contributed by atoms with van der Waals surface area (Å²) in [5.41, 5.74) is 1.64. The topological polar surface area (TPSA) is 81.0 Å². The molecule has 0 bridgehead atoms. The van der Waals surface area contributed by atoms with E-state index in [1.54, 1.807) is 19.4 Å². The van der Waals surface area contributed by atoms with Crippen molar-refractivity contribution in [3.63, 3.8) is 0 Å². The Balaban J connectivity index is 1.84. The molecule has 0 fully saturated rings. The Bertz CT molecular complexity index is 1080. The van der Waals surface area contributed by atoms with Crippen LogP contribution in [0.2, 0.25) is 0 Å². The third kappa shape index (κ3) is 2.25. The summed E-state index contributed by atoms with van der Waals surface area (Å²) < 4.78 is 10.6. The minimum Gasteiger partial charge on any atom is -0.496 e. The van der Waals surface area contributed by atoms with Gasteiger partial charge in [-0.1, -0.05) is 29.4 Å². The largest absolute Gasteiger partial charge is 0.496 e. The number of pyridine rings is 1. The Labute approximate surface area is 136 Å². The number of aromatic amines is 1. The van der Waals surface area contributed by atoms with Crippen LogP contribution in [0.25, 0.3) is 33.7 Å². The van der Waals surface area contributed by atoms with Crippen LogP contribution in [-0.2, 0) is 0 Å². The highest BCUT2D eigenvalue weighted by Gasteiger charge is 2.17. The third-order valence-corrected chi connectivity index (χ3v) is 3.79. The molecule has 0 spiro atoms. The molecule has 6 nitrogen and oxygen atoms in total. The number of methoxy groups -OCH3 is 1. The van der Waals surface area contributed by atoms with Crippen molar-refractivity contribution >= 4 is 10.9 Å². The number of rotatable bonds is 3. The Kier molecular flexibility index (Phi) is 3.35. The number of nitrogens with zero attached hydrogens (tertiary/aromatic N) is 2. The SMILES string of the molecule is COc1ccccc1-c1noc(-c2c[nH]c3ccccc3c2=O)n1. The lowest BCUT2D eigenvalue weighted by atomic mass is 10.1. The van der Waals surface area contributed by atoms with Crippen LogP contribution in [0.15, 0.2) is 64.0 Å². The van der Waals surface area contributed by atoms with Gasteiger partial charge in [0.25, 0.3) is 5.89 Å². The van der Waals surface area contributed by atoms with Crippen LogP contribution in [0.5, 0.6) is 5.75 Å². The summed E-state index contributed by atoms with van der Waals surface area (Å²) in [5, 5.41) is 4.55. The van der Waals surface area contributed by atoms with Gasteiger partial charge in [0.2, 0.25) is 11.3 Å². The number of aromatic nitrogens is 3. The van der Waals surface area contributed by atoms with E-state index in [9.17, 15) is 4.79 Å². The molecule has 0 atom stereocenters. The first-order valence-corrected chi connectivity index (χ1v) is 7.36. The van der Waals surface area contributed by atoms with E-state index in [4.69, 9.17) is 9.26 Å². The van der Waals surface area contributed by atoms with Gasteiger partial charge in [0.05, 0.1) is 12.7 Å². The average Bonchev–Trinajstić information content (AvgIpc) is 3.12. The summed E-state index contributed by atoms with van der Waals surface area (Å²) in [6, 6.07) is 14.6. The number of fused-ring (bicyclic) bond motifs is 1. The monoisotopic (exact) mass is 319 g/mol. The number of hydrogen-bond acceptors (Lipinski definition) is 5. The fourth-order valence-electron chi connectivity index (χ4n) is 2.60. The van der Waals surface area contributed by atoms with Crippen molar-refractivity contribution in [2.75, 3.05) is 7.11 Å².